The van der Waals surface area contributed by atoms with Crippen LogP contribution in [0.3, 0.4) is 0 Å². The van der Waals surface area contributed by atoms with Gasteiger partial charge >= 0.3 is 12.2 Å². The number of fused-ring (bicyclic) bond motifs is 6. The SMILES string of the molecule is COC(=O)N[C@H](C(=O)N1CCC[C@H]1C1=Nc2ccc3cc(-c4ccc5cc(-c6cnc([C@@H]7[C@H]8CC[C@H](C8)N7C(=O)[C@H](NC(=O)OC)c7ccccc7)[nH]6)ccc5c4)ccc3c2C1)[C@@H](C)OC. The summed E-state index contributed by atoms with van der Waals surface area (Å²) in [5.74, 6) is 0.655. The molecule has 1 aromatic heterocycles. The number of hydrogen-bond acceptors (Lipinski definition) is 9. The van der Waals surface area contributed by atoms with Crippen LogP contribution in [-0.4, -0.2) is 102 Å². The molecule has 6 aromatic rings. The van der Waals surface area contributed by atoms with Crippen molar-refractivity contribution in [3.63, 3.8) is 0 Å². The molecule has 338 valence electrons. The number of aromatic nitrogens is 2. The van der Waals surface area contributed by atoms with Gasteiger partial charge in [-0.1, -0.05) is 72.8 Å². The van der Waals surface area contributed by atoms with Gasteiger partial charge < -0.3 is 39.6 Å². The molecule has 2 saturated heterocycles. The van der Waals surface area contributed by atoms with Crippen molar-refractivity contribution in [2.24, 2.45) is 10.9 Å². The van der Waals surface area contributed by atoms with Crippen molar-refractivity contribution in [2.75, 3.05) is 27.9 Å². The highest BCUT2D eigenvalue weighted by atomic mass is 16.5. The number of carbonyl (C=O) groups is 4. The minimum absolute atomic E-state index is 0.0719. The second-order valence-corrected chi connectivity index (χ2v) is 17.9. The maximum absolute atomic E-state index is 14.4. The van der Waals surface area contributed by atoms with Crippen molar-refractivity contribution >= 4 is 56.9 Å². The molecule has 3 fully saturated rings. The highest BCUT2D eigenvalue weighted by Crippen LogP contribution is 2.51. The Morgan fingerprint density at radius 3 is 2.23 bits per heavy atom. The molecule has 0 radical (unpaired) electrons. The Kier molecular flexibility index (Phi) is 11.5. The van der Waals surface area contributed by atoms with Crippen LogP contribution in [0.4, 0.5) is 15.3 Å². The molecule has 0 spiro atoms. The molecule has 3 N–H and O–H groups in total. The van der Waals surface area contributed by atoms with E-state index in [1.165, 1.54) is 21.3 Å². The van der Waals surface area contributed by atoms with Gasteiger partial charge in [-0.3, -0.25) is 14.6 Å². The Hall–Kier alpha value is -7.06. The number of methoxy groups -OCH3 is 3. The van der Waals surface area contributed by atoms with Crippen LogP contribution in [0.25, 0.3) is 43.9 Å². The summed E-state index contributed by atoms with van der Waals surface area (Å²) in [6.07, 6.45) is 5.11. The van der Waals surface area contributed by atoms with E-state index in [1.54, 1.807) is 6.92 Å². The monoisotopic (exact) mass is 887 g/mol. The molecule has 4 amide bonds. The predicted molar refractivity (Wildman–Crippen MR) is 251 cm³/mol. The first-order chi connectivity index (χ1) is 32.1. The quantitative estimate of drug-likeness (QED) is 0.116. The molecule has 2 bridgehead atoms. The molecule has 0 unspecified atom stereocenters. The minimum Gasteiger partial charge on any atom is -0.453 e. The lowest BCUT2D eigenvalue weighted by Crippen LogP contribution is -2.56. The summed E-state index contributed by atoms with van der Waals surface area (Å²) in [6, 6.07) is 30.9. The summed E-state index contributed by atoms with van der Waals surface area (Å²) in [6.45, 7) is 2.34. The van der Waals surface area contributed by atoms with Gasteiger partial charge in [0.05, 0.1) is 50.0 Å². The van der Waals surface area contributed by atoms with Gasteiger partial charge in [0.25, 0.3) is 5.91 Å². The van der Waals surface area contributed by atoms with Crippen LogP contribution < -0.4 is 10.6 Å². The lowest BCUT2D eigenvalue weighted by Gasteiger charge is -2.36. The number of benzene rings is 5. The van der Waals surface area contributed by atoms with E-state index in [-0.39, 0.29) is 35.9 Å². The second-order valence-electron chi connectivity index (χ2n) is 17.9. The van der Waals surface area contributed by atoms with Crippen LogP contribution in [-0.2, 0) is 30.2 Å². The van der Waals surface area contributed by atoms with Crippen molar-refractivity contribution in [1.29, 1.82) is 0 Å². The summed E-state index contributed by atoms with van der Waals surface area (Å²) < 4.78 is 15.2. The average molecular weight is 888 g/mol. The number of piperidine rings is 1. The van der Waals surface area contributed by atoms with Crippen LogP contribution in [0, 0.1) is 5.92 Å². The third-order valence-corrected chi connectivity index (χ3v) is 14.2. The Bertz CT molecular complexity index is 2900. The van der Waals surface area contributed by atoms with Gasteiger partial charge in [-0.25, -0.2) is 14.6 Å². The molecule has 4 heterocycles. The fourth-order valence-corrected chi connectivity index (χ4v) is 10.8. The van der Waals surface area contributed by atoms with Gasteiger partial charge in [-0.05, 0) is 113 Å². The van der Waals surface area contributed by atoms with Gasteiger partial charge in [-0.2, -0.15) is 0 Å². The van der Waals surface area contributed by atoms with E-state index in [1.807, 2.05) is 46.3 Å². The van der Waals surface area contributed by atoms with Gasteiger partial charge in [-0.15, -0.1) is 0 Å². The number of likely N-dealkylation sites (tertiary alicyclic amines) is 2. The lowest BCUT2D eigenvalue weighted by molar-refractivity contribution is -0.138. The molecular formula is C52H53N7O7. The molecule has 7 atom stereocenters. The summed E-state index contributed by atoms with van der Waals surface area (Å²) in [5, 5.41) is 9.92. The first kappa shape index (κ1) is 42.9. The molecule has 66 heavy (non-hydrogen) atoms. The number of amides is 4. The zero-order valence-corrected chi connectivity index (χ0v) is 37.5. The molecule has 14 nitrogen and oxygen atoms in total. The molecule has 10 rings (SSSR count). The summed E-state index contributed by atoms with van der Waals surface area (Å²) in [5.41, 5.74) is 7.83. The fourth-order valence-electron chi connectivity index (χ4n) is 10.8. The van der Waals surface area contributed by atoms with Crippen LogP contribution >= 0.6 is 0 Å². The zero-order chi connectivity index (χ0) is 45.6. The third kappa shape index (κ3) is 7.82. The number of nitrogens with zero attached hydrogens (tertiary/aromatic N) is 4. The van der Waals surface area contributed by atoms with E-state index in [4.69, 9.17) is 24.2 Å². The highest BCUT2D eigenvalue weighted by Gasteiger charge is 2.51. The zero-order valence-electron chi connectivity index (χ0n) is 37.5. The molecule has 4 aliphatic rings. The lowest BCUT2D eigenvalue weighted by atomic mass is 9.94. The Labute approximate surface area is 382 Å². The second kappa shape index (κ2) is 17.7. The molecule has 3 aliphatic heterocycles. The Morgan fingerprint density at radius 1 is 0.773 bits per heavy atom. The van der Waals surface area contributed by atoms with Crippen LogP contribution in [0.2, 0.25) is 0 Å². The Morgan fingerprint density at radius 2 is 1.47 bits per heavy atom. The number of imidazole rings is 1. The predicted octanol–water partition coefficient (Wildman–Crippen LogP) is 8.58. The minimum atomic E-state index is -0.878. The first-order valence-electron chi connectivity index (χ1n) is 22.7. The number of nitrogens with one attached hydrogen (secondary N) is 3. The van der Waals surface area contributed by atoms with Crippen molar-refractivity contribution in [2.45, 2.75) is 81.8 Å². The Balaban J connectivity index is 0.853. The fraction of sp³-hybridized carbons (Fsp3) is 0.346. The summed E-state index contributed by atoms with van der Waals surface area (Å²) in [7, 11) is 4.10. The summed E-state index contributed by atoms with van der Waals surface area (Å²) in [4.78, 5) is 70.1. The topological polar surface area (TPSA) is 168 Å². The van der Waals surface area contributed by atoms with Crippen molar-refractivity contribution in [3.05, 3.63) is 120 Å². The highest BCUT2D eigenvalue weighted by molar-refractivity contribution is 6.06. The van der Waals surface area contributed by atoms with Crippen molar-refractivity contribution in [1.82, 2.24) is 30.4 Å². The molecule has 1 aliphatic carbocycles. The van der Waals surface area contributed by atoms with Crippen molar-refractivity contribution < 1.29 is 33.4 Å². The average Bonchev–Trinajstić information content (AvgIpc) is 4.23. The normalized spacial score (nSPS) is 21.1. The number of H-pyrrole nitrogens is 1. The van der Waals surface area contributed by atoms with E-state index in [0.29, 0.717) is 18.5 Å². The van der Waals surface area contributed by atoms with E-state index in [0.717, 1.165) is 98.8 Å². The molecule has 5 aromatic carbocycles. The molecular weight excluding hydrogens is 835 g/mol. The number of ether oxygens (including phenoxy) is 3. The third-order valence-electron chi connectivity index (χ3n) is 14.2. The van der Waals surface area contributed by atoms with Gasteiger partial charge in [0, 0.05) is 37.4 Å². The molecule has 1 saturated carbocycles. The van der Waals surface area contributed by atoms with Gasteiger partial charge in [0.15, 0.2) is 0 Å². The number of rotatable bonds is 11. The number of alkyl carbamates (subject to hydrolysis) is 2. The van der Waals surface area contributed by atoms with Gasteiger partial charge in [0.2, 0.25) is 5.91 Å². The maximum Gasteiger partial charge on any atom is 0.407 e. The number of carbonyl (C=O) groups excluding carboxylic acids is 4. The van der Waals surface area contributed by atoms with E-state index in [9.17, 15) is 19.2 Å². The van der Waals surface area contributed by atoms with E-state index in [2.05, 4.69) is 82.3 Å². The van der Waals surface area contributed by atoms with E-state index < -0.39 is 30.4 Å². The van der Waals surface area contributed by atoms with E-state index >= 15 is 0 Å². The maximum atomic E-state index is 14.4. The van der Waals surface area contributed by atoms with Crippen LogP contribution in [0.5, 0.6) is 0 Å². The number of hydrogen-bond donors (Lipinski definition) is 3. The smallest absolute Gasteiger partial charge is 0.407 e. The number of aromatic amines is 1. The number of aliphatic imine (C=N–C) groups is 1. The first-order valence-corrected chi connectivity index (χ1v) is 22.7. The largest absolute Gasteiger partial charge is 0.453 e. The van der Waals surface area contributed by atoms with Gasteiger partial charge in [0.1, 0.15) is 17.9 Å². The summed E-state index contributed by atoms with van der Waals surface area (Å²) >= 11 is 0. The van der Waals surface area contributed by atoms with Crippen molar-refractivity contribution in [3.8, 4) is 22.4 Å². The molecule has 14 heteroatoms. The standard InChI is InChI=1S/C52H53N7O7/c1-29(64-2)45(56-51(62)65-3)49(60)58-22-8-11-44(58)42-27-40-39-20-17-34(24-35(39)18-21-41(40)54-42)31-12-13-33-25-36(15-14-32(33)23-31)43-28-53-48(55-43)47-37-16-19-38(26-37)59(47)50(61)46(57-52(63)66-4)30-9-6-5-7-10-30/h5-7,9-10,12-15,17-18,20-21,23-25,28-29,37-38,44-47H,8,11,16,19,22,26-27H2,1-4H3,(H,53,55)(H,56,62)(H,57,63)/t29-,37+,38-,44+,45+,46-,47+/m1/s1. The van der Waals surface area contributed by atoms with Crippen LogP contribution in [0.1, 0.15) is 68.1 Å². The van der Waals surface area contributed by atoms with Crippen LogP contribution in [0.15, 0.2) is 108 Å².